The van der Waals surface area contributed by atoms with E-state index in [4.69, 9.17) is 30.0 Å². The van der Waals surface area contributed by atoms with Crippen molar-refractivity contribution in [2.45, 2.75) is 18.5 Å². The number of fused-ring (bicyclic) bond motifs is 18. The summed E-state index contributed by atoms with van der Waals surface area (Å²) in [6.07, 6.45) is -1.25. The third-order valence-electron chi connectivity index (χ3n) is 8.30. The van der Waals surface area contributed by atoms with Gasteiger partial charge in [0.25, 0.3) is 0 Å². The van der Waals surface area contributed by atoms with Crippen LogP contribution in [0.3, 0.4) is 0 Å². The van der Waals surface area contributed by atoms with Crippen LogP contribution in [-0.4, -0.2) is 38.1 Å². The molecule has 12 heteroatoms. The second-order valence-corrected chi connectivity index (χ2v) is 12.9. The lowest BCUT2D eigenvalue weighted by atomic mass is 10.0. The summed E-state index contributed by atoms with van der Waals surface area (Å²) in [5.41, 5.74) is 6.75. The molecule has 5 heterocycles. The first-order chi connectivity index (χ1) is 21.9. The summed E-state index contributed by atoms with van der Waals surface area (Å²) in [6.45, 7) is 0. The molecule has 9 rings (SSSR count). The lowest BCUT2D eigenvalue weighted by Crippen LogP contribution is -2.17. The zero-order chi connectivity index (χ0) is 30.3. The van der Waals surface area contributed by atoms with Gasteiger partial charge in [-0.3, -0.25) is 9.88 Å². The van der Waals surface area contributed by atoms with Crippen molar-refractivity contribution in [2.24, 2.45) is 30.0 Å². The van der Waals surface area contributed by atoms with E-state index in [2.05, 4.69) is 10.3 Å². The molecular weight excluding hydrogens is 587 g/mol. The van der Waals surface area contributed by atoms with Gasteiger partial charge in [0.05, 0.1) is 6.16 Å². The number of amidine groups is 4. The second-order valence-electron chi connectivity index (χ2n) is 11.2. The number of aromatic amines is 1. The van der Waals surface area contributed by atoms with E-state index in [1.165, 1.54) is 0 Å². The maximum Gasteiger partial charge on any atom is 0.329 e. The number of nitrogens with zero attached hydrogens (tertiary/aromatic N) is 6. The topological polar surface area (TPSA) is 160 Å². The molecule has 11 nitrogen and oxygen atoms in total. The largest absolute Gasteiger partial charge is 0.329 e. The Morgan fingerprint density at radius 2 is 1.11 bits per heavy atom. The highest BCUT2D eigenvalue weighted by atomic mass is 31.2. The highest BCUT2D eigenvalue weighted by Crippen LogP contribution is 2.40. The summed E-state index contributed by atoms with van der Waals surface area (Å²) < 4.78 is 11.9. The van der Waals surface area contributed by atoms with Crippen molar-refractivity contribution in [3.05, 3.63) is 141 Å². The van der Waals surface area contributed by atoms with E-state index in [0.717, 1.165) is 38.6 Å². The van der Waals surface area contributed by atoms with Crippen LogP contribution in [-0.2, 0) is 10.7 Å². The first kappa shape index (κ1) is 26.2. The van der Waals surface area contributed by atoms with Crippen molar-refractivity contribution in [2.75, 3.05) is 0 Å². The second kappa shape index (κ2) is 9.65. The van der Waals surface area contributed by atoms with E-state index in [-0.39, 0.29) is 0 Å². The molecule has 0 spiro atoms. The van der Waals surface area contributed by atoms with Gasteiger partial charge in [0, 0.05) is 33.0 Å². The van der Waals surface area contributed by atoms with Crippen LogP contribution in [0.2, 0.25) is 0 Å². The standard InChI is InChI=1S/C33H23N8O3P/c42-45(43,44)16-17-13-14-24-25(15-17)33-40-31-23-12-6-5-11-22(23)29(38-31)36-27-19-8-2-1-7-18(19)26(34-27)35-28-20-9-3-4-10-21(20)30(37-28)39-32(24)41-33/h1-15,28,30,37H,16H2,(H2,42,43,44)(H,34,35,36,38,39,40,41). The zero-order valence-electron chi connectivity index (χ0n) is 23.5. The molecule has 4 aliphatic rings. The van der Waals surface area contributed by atoms with E-state index < -0.39 is 26.1 Å². The predicted octanol–water partition coefficient (Wildman–Crippen LogP) is 3.81. The first-order valence-electron chi connectivity index (χ1n) is 14.4. The number of H-pyrrole nitrogens is 1. The van der Waals surface area contributed by atoms with Crippen molar-refractivity contribution in [3.63, 3.8) is 0 Å². The van der Waals surface area contributed by atoms with Gasteiger partial charge >= 0.3 is 7.60 Å². The van der Waals surface area contributed by atoms with E-state index in [1.54, 1.807) is 18.2 Å². The predicted molar refractivity (Wildman–Crippen MR) is 170 cm³/mol. The lowest BCUT2D eigenvalue weighted by Gasteiger charge is -2.10. The molecule has 0 radical (unpaired) electrons. The molecule has 0 fully saturated rings. The summed E-state index contributed by atoms with van der Waals surface area (Å²) in [7, 11) is -4.30. The summed E-state index contributed by atoms with van der Waals surface area (Å²) in [5.74, 6) is 1.98. The Morgan fingerprint density at radius 1 is 0.600 bits per heavy atom. The number of hydrogen-bond donors (Lipinski definition) is 4. The van der Waals surface area contributed by atoms with Crippen LogP contribution in [0, 0.1) is 0 Å². The van der Waals surface area contributed by atoms with E-state index >= 15 is 0 Å². The zero-order valence-corrected chi connectivity index (χ0v) is 24.3. The minimum Gasteiger partial charge on any atom is -0.324 e. The van der Waals surface area contributed by atoms with Crippen LogP contribution in [0.1, 0.15) is 51.3 Å². The number of aromatic nitrogens is 1. The van der Waals surface area contributed by atoms with Crippen LogP contribution >= 0.6 is 7.60 Å². The maximum atomic E-state index is 11.9. The molecule has 0 aliphatic carbocycles. The molecule has 0 saturated heterocycles. The number of aliphatic imine (C=N–C) groups is 4. The summed E-state index contributed by atoms with van der Waals surface area (Å²) in [5, 5.41) is 5.26. The van der Waals surface area contributed by atoms with E-state index in [9.17, 15) is 14.4 Å². The molecule has 4 aromatic carbocycles. The van der Waals surface area contributed by atoms with Crippen molar-refractivity contribution in [1.82, 2.24) is 10.3 Å². The average Bonchev–Trinajstić information content (AvgIpc) is 3.76. The Balaban J connectivity index is 1.34. The van der Waals surface area contributed by atoms with Crippen molar-refractivity contribution >= 4 is 41.7 Å². The Kier molecular flexibility index (Phi) is 5.63. The molecule has 4 aliphatic heterocycles. The van der Waals surface area contributed by atoms with E-state index in [1.807, 2.05) is 72.8 Å². The van der Waals surface area contributed by atoms with Gasteiger partial charge in [-0.2, -0.15) is 0 Å². The molecule has 4 N–H and O–H groups in total. The average molecular weight is 611 g/mol. The van der Waals surface area contributed by atoms with Crippen LogP contribution in [0.15, 0.2) is 121 Å². The number of nitrogens with one attached hydrogen (secondary N) is 2. The Hall–Kier alpha value is -5.19. The van der Waals surface area contributed by atoms with Gasteiger partial charge in [0.1, 0.15) is 23.3 Å². The lowest BCUT2D eigenvalue weighted by molar-refractivity contribution is 0.371. The molecule has 0 amide bonds. The number of benzene rings is 4. The quantitative estimate of drug-likeness (QED) is 0.224. The fourth-order valence-corrected chi connectivity index (χ4v) is 6.99. The number of rotatable bonds is 2. The SMILES string of the molecule is O=P(O)(O)Cc1ccc2c(c1)C1=NC2=NC2NC(N=C3N=C(N=c4[nH]c(c5ccccc45)=N1)c1ccccc13)c1ccccc12. The molecule has 5 aromatic rings. The van der Waals surface area contributed by atoms with Gasteiger partial charge in [-0.05, 0) is 22.8 Å². The molecule has 2 atom stereocenters. The highest BCUT2D eigenvalue weighted by molar-refractivity contribution is 7.50. The third-order valence-corrected chi connectivity index (χ3v) is 9.08. The molecule has 2 unspecified atom stereocenters. The third kappa shape index (κ3) is 4.36. The van der Waals surface area contributed by atoms with Gasteiger partial charge in [0.15, 0.2) is 23.3 Å². The Labute approximate surface area is 255 Å². The van der Waals surface area contributed by atoms with Gasteiger partial charge < -0.3 is 14.8 Å². The highest BCUT2D eigenvalue weighted by Gasteiger charge is 2.33. The molecule has 1 aromatic heterocycles. The Bertz CT molecular complexity index is 2420. The van der Waals surface area contributed by atoms with Gasteiger partial charge in [-0.25, -0.2) is 30.0 Å². The fourth-order valence-electron chi connectivity index (χ4n) is 6.32. The van der Waals surface area contributed by atoms with Crippen molar-refractivity contribution in [1.29, 1.82) is 0 Å². The van der Waals surface area contributed by atoms with Gasteiger partial charge in [-0.15, -0.1) is 0 Å². The first-order valence-corrected chi connectivity index (χ1v) is 16.2. The molecule has 8 bridgehead atoms. The van der Waals surface area contributed by atoms with Crippen LogP contribution in [0.25, 0.3) is 10.8 Å². The smallest absolute Gasteiger partial charge is 0.324 e. The number of hydrogen-bond acceptors (Lipinski definition) is 8. The summed E-state index contributed by atoms with van der Waals surface area (Å²) in [4.78, 5) is 52.7. The fraction of sp³-hybridized carbons (Fsp3) is 0.0909. The molecule has 45 heavy (non-hydrogen) atoms. The molecule has 0 saturated carbocycles. The van der Waals surface area contributed by atoms with Crippen molar-refractivity contribution < 1.29 is 14.4 Å². The van der Waals surface area contributed by atoms with Gasteiger partial charge in [0.2, 0.25) is 0 Å². The summed E-state index contributed by atoms with van der Waals surface area (Å²) in [6, 6.07) is 29.0. The maximum absolute atomic E-state index is 11.9. The van der Waals surface area contributed by atoms with Crippen LogP contribution in [0.4, 0.5) is 0 Å². The minimum atomic E-state index is -4.30. The molecular formula is C33H23N8O3P. The van der Waals surface area contributed by atoms with E-state index in [0.29, 0.717) is 45.4 Å². The monoisotopic (exact) mass is 610 g/mol. The Morgan fingerprint density at radius 3 is 1.71 bits per heavy atom. The normalized spacial score (nSPS) is 19.4. The van der Waals surface area contributed by atoms with Crippen LogP contribution < -0.4 is 16.3 Å². The van der Waals surface area contributed by atoms with Gasteiger partial charge in [-0.1, -0.05) is 84.9 Å². The van der Waals surface area contributed by atoms with Crippen molar-refractivity contribution in [3.8, 4) is 0 Å². The summed E-state index contributed by atoms with van der Waals surface area (Å²) >= 11 is 0. The molecule has 218 valence electrons. The minimum absolute atomic E-state index is 0.383. The van der Waals surface area contributed by atoms with Crippen LogP contribution in [0.5, 0.6) is 0 Å².